The largest absolute Gasteiger partial charge is 0.327 e. The highest BCUT2D eigenvalue weighted by atomic mass is 14.8. The van der Waals surface area contributed by atoms with Crippen LogP contribution in [0.3, 0.4) is 0 Å². The standard InChI is InChI=1S/C8H15N/c9-8-5-7(8)6-3-1-2-4-6/h6-8H,1-5,9H2. The summed E-state index contributed by atoms with van der Waals surface area (Å²) >= 11 is 0. The second-order valence-corrected chi connectivity index (χ2v) is 3.61. The fourth-order valence-electron chi connectivity index (χ4n) is 2.16. The molecule has 2 rings (SSSR count). The molecule has 0 spiro atoms. The van der Waals surface area contributed by atoms with Gasteiger partial charge < -0.3 is 5.73 Å². The molecule has 0 aliphatic heterocycles. The minimum atomic E-state index is 0.591. The Kier molecular flexibility index (Phi) is 1.26. The number of rotatable bonds is 1. The van der Waals surface area contributed by atoms with Crippen LogP contribution >= 0.6 is 0 Å². The monoisotopic (exact) mass is 125 g/mol. The Hall–Kier alpha value is -0.0400. The average Bonchev–Trinajstić information content (AvgIpc) is 2.44. The van der Waals surface area contributed by atoms with Crippen LogP contribution in [-0.2, 0) is 0 Å². The summed E-state index contributed by atoms with van der Waals surface area (Å²) < 4.78 is 0. The summed E-state index contributed by atoms with van der Waals surface area (Å²) in [6, 6.07) is 0.591. The molecule has 1 nitrogen and oxygen atoms in total. The van der Waals surface area contributed by atoms with Crippen molar-refractivity contribution in [2.24, 2.45) is 17.6 Å². The molecule has 52 valence electrons. The molecule has 2 unspecified atom stereocenters. The maximum absolute atomic E-state index is 5.75. The molecule has 2 aliphatic carbocycles. The van der Waals surface area contributed by atoms with Gasteiger partial charge in [0.1, 0.15) is 0 Å². The third-order valence-corrected chi connectivity index (χ3v) is 2.90. The molecule has 2 N–H and O–H groups in total. The third-order valence-electron chi connectivity index (χ3n) is 2.90. The van der Waals surface area contributed by atoms with E-state index >= 15 is 0 Å². The summed E-state index contributed by atoms with van der Waals surface area (Å²) in [7, 11) is 0. The van der Waals surface area contributed by atoms with E-state index in [1.54, 1.807) is 0 Å². The maximum atomic E-state index is 5.75. The van der Waals surface area contributed by atoms with Crippen molar-refractivity contribution in [3.8, 4) is 0 Å². The van der Waals surface area contributed by atoms with Crippen LogP contribution in [0.15, 0.2) is 0 Å². The maximum Gasteiger partial charge on any atom is 0.00737 e. The van der Waals surface area contributed by atoms with E-state index in [2.05, 4.69) is 0 Å². The van der Waals surface area contributed by atoms with Gasteiger partial charge in [-0.3, -0.25) is 0 Å². The minimum Gasteiger partial charge on any atom is -0.327 e. The molecule has 9 heavy (non-hydrogen) atoms. The Balaban J connectivity index is 1.85. The Labute approximate surface area is 56.6 Å². The molecule has 0 saturated heterocycles. The van der Waals surface area contributed by atoms with E-state index in [1.165, 1.54) is 32.1 Å². The molecule has 0 aromatic rings. The third kappa shape index (κ3) is 0.983. The fourth-order valence-corrected chi connectivity index (χ4v) is 2.16. The van der Waals surface area contributed by atoms with E-state index in [0.717, 1.165) is 11.8 Å². The Morgan fingerprint density at radius 1 is 1.11 bits per heavy atom. The highest BCUT2D eigenvalue weighted by Gasteiger charge is 2.40. The van der Waals surface area contributed by atoms with E-state index in [9.17, 15) is 0 Å². The van der Waals surface area contributed by atoms with Crippen LogP contribution in [0.1, 0.15) is 32.1 Å². The van der Waals surface area contributed by atoms with E-state index in [1.807, 2.05) is 0 Å². The second-order valence-electron chi connectivity index (χ2n) is 3.61. The quantitative estimate of drug-likeness (QED) is 0.565. The molecule has 0 heterocycles. The molecule has 0 amide bonds. The summed E-state index contributed by atoms with van der Waals surface area (Å²) in [4.78, 5) is 0. The molecule has 0 radical (unpaired) electrons. The van der Waals surface area contributed by atoms with Crippen molar-refractivity contribution in [2.75, 3.05) is 0 Å². The number of hydrogen-bond acceptors (Lipinski definition) is 1. The fraction of sp³-hybridized carbons (Fsp3) is 1.00. The van der Waals surface area contributed by atoms with Crippen molar-refractivity contribution in [3.05, 3.63) is 0 Å². The van der Waals surface area contributed by atoms with Crippen LogP contribution in [0.2, 0.25) is 0 Å². The van der Waals surface area contributed by atoms with E-state index in [4.69, 9.17) is 5.73 Å². The topological polar surface area (TPSA) is 26.0 Å². The zero-order valence-electron chi connectivity index (χ0n) is 5.84. The molecule has 0 aromatic carbocycles. The summed E-state index contributed by atoms with van der Waals surface area (Å²) in [6.07, 6.45) is 7.20. The van der Waals surface area contributed by atoms with Crippen molar-refractivity contribution in [2.45, 2.75) is 38.1 Å². The van der Waals surface area contributed by atoms with Gasteiger partial charge in [-0.25, -0.2) is 0 Å². The van der Waals surface area contributed by atoms with Gasteiger partial charge in [0.25, 0.3) is 0 Å². The smallest absolute Gasteiger partial charge is 0.00737 e. The van der Waals surface area contributed by atoms with Crippen LogP contribution in [0.5, 0.6) is 0 Å². The zero-order chi connectivity index (χ0) is 6.27. The molecular weight excluding hydrogens is 110 g/mol. The van der Waals surface area contributed by atoms with Crippen molar-refractivity contribution in [1.82, 2.24) is 0 Å². The Morgan fingerprint density at radius 3 is 2.11 bits per heavy atom. The van der Waals surface area contributed by atoms with Gasteiger partial charge in [-0.2, -0.15) is 0 Å². The van der Waals surface area contributed by atoms with Gasteiger partial charge in [0, 0.05) is 6.04 Å². The first-order chi connectivity index (χ1) is 4.38. The summed E-state index contributed by atoms with van der Waals surface area (Å²) in [5, 5.41) is 0. The van der Waals surface area contributed by atoms with Crippen LogP contribution < -0.4 is 5.73 Å². The minimum absolute atomic E-state index is 0.591. The number of nitrogens with two attached hydrogens (primary N) is 1. The Bertz CT molecular complexity index is 105. The van der Waals surface area contributed by atoms with Crippen molar-refractivity contribution >= 4 is 0 Å². The van der Waals surface area contributed by atoms with Crippen molar-refractivity contribution in [1.29, 1.82) is 0 Å². The van der Waals surface area contributed by atoms with Crippen LogP contribution in [0.25, 0.3) is 0 Å². The molecule has 1 heteroatoms. The van der Waals surface area contributed by atoms with Gasteiger partial charge in [0.2, 0.25) is 0 Å². The first-order valence-electron chi connectivity index (χ1n) is 4.13. The first-order valence-corrected chi connectivity index (χ1v) is 4.13. The lowest BCUT2D eigenvalue weighted by molar-refractivity contribution is 0.469. The Morgan fingerprint density at radius 2 is 1.67 bits per heavy atom. The van der Waals surface area contributed by atoms with E-state index in [0.29, 0.717) is 6.04 Å². The molecule has 2 saturated carbocycles. The van der Waals surface area contributed by atoms with Crippen LogP contribution in [0.4, 0.5) is 0 Å². The number of hydrogen-bond donors (Lipinski definition) is 1. The molecule has 2 fully saturated rings. The normalized spacial score (nSPS) is 43.7. The summed E-state index contributed by atoms with van der Waals surface area (Å²) in [5.41, 5.74) is 5.75. The lowest BCUT2D eigenvalue weighted by Crippen LogP contribution is -2.07. The summed E-state index contributed by atoms with van der Waals surface area (Å²) in [6.45, 7) is 0. The predicted octanol–water partition coefficient (Wildman–Crippen LogP) is 1.52. The highest BCUT2D eigenvalue weighted by Crippen LogP contribution is 2.43. The van der Waals surface area contributed by atoms with Gasteiger partial charge in [-0.1, -0.05) is 25.7 Å². The zero-order valence-corrected chi connectivity index (χ0v) is 5.84. The molecule has 2 atom stereocenters. The summed E-state index contributed by atoms with van der Waals surface area (Å²) in [5.74, 6) is 1.97. The molecule has 0 aromatic heterocycles. The van der Waals surface area contributed by atoms with E-state index in [-0.39, 0.29) is 0 Å². The lowest BCUT2D eigenvalue weighted by Gasteiger charge is -2.04. The first kappa shape index (κ1) is 5.72. The van der Waals surface area contributed by atoms with Gasteiger partial charge in [0.05, 0.1) is 0 Å². The lowest BCUT2D eigenvalue weighted by atomic mass is 10.0. The van der Waals surface area contributed by atoms with Crippen LogP contribution in [0, 0.1) is 11.8 Å². The SMILES string of the molecule is NC1CC1C1CCCC1. The van der Waals surface area contributed by atoms with Gasteiger partial charge in [-0.05, 0) is 18.3 Å². The van der Waals surface area contributed by atoms with Gasteiger partial charge in [0.15, 0.2) is 0 Å². The van der Waals surface area contributed by atoms with Gasteiger partial charge >= 0.3 is 0 Å². The molecular formula is C8H15N. The van der Waals surface area contributed by atoms with Crippen LogP contribution in [-0.4, -0.2) is 6.04 Å². The van der Waals surface area contributed by atoms with E-state index < -0.39 is 0 Å². The molecule has 0 bridgehead atoms. The average molecular weight is 125 g/mol. The van der Waals surface area contributed by atoms with Crippen molar-refractivity contribution in [3.63, 3.8) is 0 Å². The van der Waals surface area contributed by atoms with Crippen molar-refractivity contribution < 1.29 is 0 Å². The molecule has 2 aliphatic rings. The van der Waals surface area contributed by atoms with Gasteiger partial charge in [-0.15, -0.1) is 0 Å². The highest BCUT2D eigenvalue weighted by molar-refractivity contribution is 4.95. The second kappa shape index (κ2) is 1.98. The predicted molar refractivity (Wildman–Crippen MR) is 38.0 cm³/mol.